The van der Waals surface area contributed by atoms with Crippen molar-refractivity contribution in [2.45, 2.75) is 39.2 Å². The third kappa shape index (κ3) is 4.71. The zero-order valence-corrected chi connectivity index (χ0v) is 21.0. The molecule has 0 aliphatic carbocycles. The number of anilines is 2. The lowest BCUT2D eigenvalue weighted by molar-refractivity contribution is 0.171. The van der Waals surface area contributed by atoms with Crippen LogP contribution in [-0.4, -0.2) is 28.4 Å². The SMILES string of the molecule is C=I/C=C(C)\C=C(/C=N)CCCNc1c(F)c(N)c2c(=O)c(C#N)cn3c2c1OCC3(C)C. The van der Waals surface area contributed by atoms with E-state index in [2.05, 4.69) is 13.9 Å². The summed E-state index contributed by atoms with van der Waals surface area (Å²) in [5.41, 5.74) is 6.96. The van der Waals surface area contributed by atoms with Gasteiger partial charge in [0.05, 0.1) is 22.1 Å². The number of halogens is 2. The van der Waals surface area contributed by atoms with Gasteiger partial charge in [-0.25, -0.2) is 4.39 Å². The minimum atomic E-state index is -0.767. The van der Waals surface area contributed by atoms with Gasteiger partial charge >= 0.3 is 0 Å². The van der Waals surface area contributed by atoms with Crippen molar-refractivity contribution < 1.29 is 9.13 Å². The number of pyridine rings is 1. The number of benzene rings is 1. The second-order valence-corrected chi connectivity index (χ2v) is 10.0. The van der Waals surface area contributed by atoms with E-state index in [4.69, 9.17) is 15.9 Å². The fourth-order valence-corrected chi connectivity index (χ4v) is 4.74. The maximum atomic E-state index is 15.3. The smallest absolute Gasteiger partial charge is 0.209 e. The Balaban J connectivity index is 1.99. The van der Waals surface area contributed by atoms with E-state index < -0.39 is 16.8 Å². The number of nitrogens with two attached hydrogens (primary N) is 1. The van der Waals surface area contributed by atoms with E-state index in [0.717, 1.165) is 11.1 Å². The zero-order chi connectivity index (χ0) is 24.3. The summed E-state index contributed by atoms with van der Waals surface area (Å²) >= 11 is -0.209. The van der Waals surface area contributed by atoms with Crippen LogP contribution in [0.5, 0.6) is 5.75 Å². The lowest BCUT2D eigenvalue weighted by atomic mass is 9.99. The average molecular weight is 563 g/mol. The monoisotopic (exact) mass is 563 g/mol. The van der Waals surface area contributed by atoms with Crippen LogP contribution in [0.4, 0.5) is 15.8 Å². The van der Waals surface area contributed by atoms with Crippen molar-refractivity contribution in [3.8, 4) is 11.8 Å². The van der Waals surface area contributed by atoms with Crippen molar-refractivity contribution >= 4 is 53.7 Å². The van der Waals surface area contributed by atoms with Crippen molar-refractivity contribution in [1.82, 2.24) is 4.57 Å². The van der Waals surface area contributed by atoms with Crippen molar-refractivity contribution in [3.05, 3.63) is 49.1 Å². The van der Waals surface area contributed by atoms with Gasteiger partial charge in [-0.1, -0.05) is 10.6 Å². The number of nitrogens with zero attached hydrogens (tertiary/aromatic N) is 2. The molecule has 0 atom stereocenters. The molecule has 0 unspecified atom stereocenters. The molecule has 1 aliphatic heterocycles. The molecule has 33 heavy (non-hydrogen) atoms. The Labute approximate surface area is 202 Å². The molecule has 2 heterocycles. The van der Waals surface area contributed by atoms with Gasteiger partial charge in [0.2, 0.25) is 5.43 Å². The predicted molar refractivity (Wildman–Crippen MR) is 142 cm³/mol. The summed E-state index contributed by atoms with van der Waals surface area (Å²) in [6.45, 7) is 6.46. The minimum Gasteiger partial charge on any atom is -0.487 e. The predicted octanol–water partition coefficient (Wildman–Crippen LogP) is 4.80. The Morgan fingerprint density at radius 1 is 1.55 bits per heavy atom. The van der Waals surface area contributed by atoms with Crippen molar-refractivity contribution in [1.29, 1.82) is 10.7 Å². The highest BCUT2D eigenvalue weighted by molar-refractivity contribution is 14.2. The second-order valence-electron chi connectivity index (χ2n) is 8.51. The summed E-state index contributed by atoms with van der Waals surface area (Å²) in [6.07, 6.45) is 6.07. The third-order valence-corrected chi connectivity index (χ3v) is 6.93. The van der Waals surface area contributed by atoms with Gasteiger partial charge in [-0.2, -0.15) is 5.26 Å². The lowest BCUT2D eigenvalue weighted by Gasteiger charge is -2.36. The molecule has 7 nitrogen and oxygen atoms in total. The Kier molecular flexibility index (Phi) is 7.37. The maximum absolute atomic E-state index is 15.3. The molecule has 2 aromatic rings. The molecular weight excluding hydrogens is 536 g/mol. The van der Waals surface area contributed by atoms with Crippen molar-refractivity contribution in [2.75, 3.05) is 24.2 Å². The van der Waals surface area contributed by atoms with E-state index in [0.29, 0.717) is 24.9 Å². The fourth-order valence-electron chi connectivity index (χ4n) is 3.86. The van der Waals surface area contributed by atoms with Crippen LogP contribution < -0.4 is 21.2 Å². The molecule has 9 heteroatoms. The number of nitriles is 1. The molecule has 1 aromatic heterocycles. The van der Waals surface area contributed by atoms with Crippen LogP contribution >= 0.6 is 20.7 Å². The number of hydrogen-bond donors (Lipinski definition) is 3. The van der Waals surface area contributed by atoms with Crippen LogP contribution in [0, 0.1) is 22.6 Å². The van der Waals surface area contributed by atoms with Gasteiger partial charge in [-0.15, -0.1) is 20.7 Å². The first kappa shape index (κ1) is 24.6. The van der Waals surface area contributed by atoms with E-state index in [9.17, 15) is 10.1 Å². The summed E-state index contributed by atoms with van der Waals surface area (Å²) in [4.78, 5) is 12.8. The first-order chi connectivity index (χ1) is 15.7. The van der Waals surface area contributed by atoms with E-state index in [1.165, 1.54) is 12.4 Å². The van der Waals surface area contributed by atoms with Crippen molar-refractivity contribution in [2.24, 2.45) is 0 Å². The minimum absolute atomic E-state index is 0.0376. The molecule has 1 aromatic carbocycles. The number of nitrogen functional groups attached to an aromatic ring is 1. The van der Waals surface area contributed by atoms with Crippen LogP contribution in [0.15, 0.2) is 32.3 Å². The van der Waals surface area contributed by atoms with Gasteiger partial charge < -0.3 is 25.8 Å². The molecule has 0 saturated carbocycles. The van der Waals surface area contributed by atoms with Crippen LogP contribution in [0.25, 0.3) is 10.9 Å². The highest BCUT2D eigenvalue weighted by atomic mass is 127. The topological polar surface area (TPSA) is 117 Å². The molecule has 0 amide bonds. The number of ether oxygens (including phenoxy) is 1. The highest BCUT2D eigenvalue weighted by Gasteiger charge is 2.34. The van der Waals surface area contributed by atoms with Gasteiger partial charge in [0.15, 0.2) is 11.6 Å². The summed E-state index contributed by atoms with van der Waals surface area (Å²) in [7, 11) is 0. The van der Waals surface area contributed by atoms with Gasteiger partial charge in [0.1, 0.15) is 23.9 Å². The summed E-state index contributed by atoms with van der Waals surface area (Å²) in [6, 6.07) is 1.89. The molecule has 3 rings (SSSR count). The number of hydrogen-bond acceptors (Lipinski definition) is 6. The quantitative estimate of drug-likeness (QED) is 0.140. The molecule has 4 N–H and O–H groups in total. The van der Waals surface area contributed by atoms with Crippen molar-refractivity contribution in [3.63, 3.8) is 0 Å². The molecule has 174 valence electrons. The second kappa shape index (κ2) is 9.87. The van der Waals surface area contributed by atoms with Crippen LogP contribution in [0.3, 0.4) is 0 Å². The molecule has 0 bridgehead atoms. The van der Waals surface area contributed by atoms with E-state index >= 15 is 4.39 Å². The molecule has 0 fully saturated rings. The lowest BCUT2D eigenvalue weighted by Crippen LogP contribution is -2.38. The van der Waals surface area contributed by atoms with Gasteiger partial charge in [-0.3, -0.25) is 4.79 Å². The molecule has 0 spiro atoms. The first-order valence-corrected chi connectivity index (χ1v) is 13.2. The molecule has 0 saturated heterocycles. The largest absolute Gasteiger partial charge is 0.487 e. The van der Waals surface area contributed by atoms with E-state index in [-0.39, 0.29) is 55.4 Å². The Morgan fingerprint density at radius 2 is 2.27 bits per heavy atom. The number of nitrogens with one attached hydrogen (secondary N) is 2. The highest BCUT2D eigenvalue weighted by Crippen LogP contribution is 2.44. The normalized spacial score (nSPS) is 15.1. The van der Waals surface area contributed by atoms with Gasteiger partial charge in [0.25, 0.3) is 0 Å². The van der Waals surface area contributed by atoms with Crippen LogP contribution in [0.1, 0.15) is 39.2 Å². The number of aromatic nitrogens is 1. The Hall–Kier alpha value is -3.00. The Bertz CT molecular complexity index is 1300. The molecule has 0 radical (unpaired) electrons. The summed E-state index contributed by atoms with van der Waals surface area (Å²) in [5.74, 6) is -0.546. The Morgan fingerprint density at radius 3 is 2.91 bits per heavy atom. The van der Waals surface area contributed by atoms with Crippen LogP contribution in [-0.2, 0) is 5.54 Å². The maximum Gasteiger partial charge on any atom is 0.209 e. The standard InChI is InChI=1S/C24H27FIN5O2/c1-14(9-26-4)8-15(10-27)6-5-7-30-20-18(25)19(29)17-21-23(20)33-13-24(2,3)31(21)12-16(11-28)22(17)32/h8-10,12,27,30H,4-7,13,29H2,1-3H3/b14-9-,15-8-,27-10?. The van der Waals surface area contributed by atoms with E-state index in [1.807, 2.05) is 32.9 Å². The average Bonchev–Trinajstić information content (AvgIpc) is 2.77. The van der Waals surface area contributed by atoms with Gasteiger partial charge in [-0.05, 0) is 48.8 Å². The summed E-state index contributed by atoms with van der Waals surface area (Å²) < 4.78 is 29.0. The zero-order valence-electron chi connectivity index (χ0n) is 18.9. The van der Waals surface area contributed by atoms with Crippen LogP contribution in [0.2, 0.25) is 0 Å². The van der Waals surface area contributed by atoms with Gasteiger partial charge in [0, 0.05) is 19.0 Å². The molecular formula is C24H27FIN5O2. The number of allylic oxidation sites excluding steroid dienone is 3. The third-order valence-electron chi connectivity index (χ3n) is 5.51. The number of rotatable bonds is 8. The first-order valence-electron chi connectivity index (χ1n) is 10.4. The molecule has 1 aliphatic rings. The fraction of sp³-hybridized carbons (Fsp3) is 0.333. The summed E-state index contributed by atoms with van der Waals surface area (Å²) in [5, 5.41) is 20.1. The van der Waals surface area contributed by atoms with E-state index in [1.54, 1.807) is 4.57 Å².